The van der Waals surface area contributed by atoms with E-state index in [2.05, 4.69) is 16.0 Å². The van der Waals surface area contributed by atoms with Gasteiger partial charge in [-0.2, -0.15) is 0 Å². The topological polar surface area (TPSA) is 70.2 Å². The van der Waals surface area contributed by atoms with Gasteiger partial charge in [0.25, 0.3) is 0 Å². The molecular formula is C23H23N3O2. The number of hydrogen-bond acceptors (Lipinski definition) is 2. The number of anilines is 1. The maximum atomic E-state index is 12.8. The average molecular weight is 373 g/mol. The Morgan fingerprint density at radius 3 is 1.86 bits per heavy atom. The highest BCUT2D eigenvalue weighted by Crippen LogP contribution is 2.07. The van der Waals surface area contributed by atoms with Gasteiger partial charge in [0.2, 0.25) is 5.91 Å². The predicted molar refractivity (Wildman–Crippen MR) is 111 cm³/mol. The van der Waals surface area contributed by atoms with Gasteiger partial charge in [-0.3, -0.25) is 4.79 Å². The number of hydrogen-bond donors (Lipinski definition) is 3. The van der Waals surface area contributed by atoms with Gasteiger partial charge in [0.15, 0.2) is 0 Å². The number of rotatable bonds is 7. The second-order valence-electron chi connectivity index (χ2n) is 6.41. The average Bonchev–Trinajstić information content (AvgIpc) is 2.74. The first kappa shape index (κ1) is 19.2. The van der Waals surface area contributed by atoms with Crippen LogP contribution >= 0.6 is 0 Å². The summed E-state index contributed by atoms with van der Waals surface area (Å²) < 4.78 is 0. The Kier molecular flexibility index (Phi) is 6.79. The van der Waals surface area contributed by atoms with Crippen LogP contribution in [0.3, 0.4) is 0 Å². The van der Waals surface area contributed by atoms with E-state index in [4.69, 9.17) is 0 Å². The molecule has 0 aliphatic carbocycles. The molecule has 5 nitrogen and oxygen atoms in total. The highest BCUT2D eigenvalue weighted by molar-refractivity contribution is 5.93. The summed E-state index contributed by atoms with van der Waals surface area (Å²) in [6.07, 6.45) is 0.406. The lowest BCUT2D eigenvalue weighted by Gasteiger charge is -2.19. The summed E-state index contributed by atoms with van der Waals surface area (Å²) in [6, 6.07) is 27.3. The molecule has 0 fully saturated rings. The number of carbonyl (C=O) groups is 2. The molecule has 3 aromatic rings. The molecule has 5 heteroatoms. The molecule has 0 saturated heterocycles. The first-order valence-corrected chi connectivity index (χ1v) is 9.19. The third kappa shape index (κ3) is 5.99. The Bertz CT molecular complexity index is 883. The van der Waals surface area contributed by atoms with Gasteiger partial charge < -0.3 is 16.0 Å². The van der Waals surface area contributed by atoms with Crippen molar-refractivity contribution in [3.8, 4) is 0 Å². The third-order valence-corrected chi connectivity index (χ3v) is 4.25. The standard InChI is InChI=1S/C23H23N3O2/c27-22(24-17-19-12-6-2-7-13-19)21(16-18-10-4-1-5-11-18)26-23(28)25-20-14-8-3-9-15-20/h1-15,21H,16-17H2,(H,24,27)(H2,25,26,28). The summed E-state index contributed by atoms with van der Waals surface area (Å²) in [7, 11) is 0. The zero-order valence-corrected chi connectivity index (χ0v) is 15.5. The monoisotopic (exact) mass is 373 g/mol. The van der Waals surface area contributed by atoms with Crippen molar-refractivity contribution in [2.24, 2.45) is 0 Å². The van der Waals surface area contributed by atoms with E-state index in [1.165, 1.54) is 0 Å². The Hall–Kier alpha value is -3.60. The van der Waals surface area contributed by atoms with Gasteiger partial charge in [-0.05, 0) is 23.3 Å². The van der Waals surface area contributed by atoms with Crippen molar-refractivity contribution in [1.82, 2.24) is 10.6 Å². The van der Waals surface area contributed by atoms with Gasteiger partial charge in [-0.1, -0.05) is 78.9 Å². The van der Waals surface area contributed by atoms with E-state index in [1.54, 1.807) is 12.1 Å². The highest BCUT2D eigenvalue weighted by Gasteiger charge is 2.21. The van der Waals surface area contributed by atoms with Gasteiger partial charge in [-0.25, -0.2) is 4.79 Å². The van der Waals surface area contributed by atoms with Crippen LogP contribution in [0.5, 0.6) is 0 Å². The van der Waals surface area contributed by atoms with Crippen LogP contribution in [-0.4, -0.2) is 18.0 Å². The van der Waals surface area contributed by atoms with Crippen molar-refractivity contribution in [2.45, 2.75) is 19.0 Å². The molecular weight excluding hydrogens is 350 g/mol. The number of para-hydroxylation sites is 1. The molecule has 0 aliphatic heterocycles. The summed E-state index contributed by atoms with van der Waals surface area (Å²) in [5, 5.41) is 8.45. The third-order valence-electron chi connectivity index (χ3n) is 4.25. The van der Waals surface area contributed by atoms with E-state index < -0.39 is 12.1 Å². The van der Waals surface area contributed by atoms with E-state index >= 15 is 0 Å². The van der Waals surface area contributed by atoms with Gasteiger partial charge in [0.05, 0.1) is 0 Å². The Balaban J connectivity index is 1.65. The first-order chi connectivity index (χ1) is 13.7. The van der Waals surface area contributed by atoms with Crippen molar-refractivity contribution >= 4 is 17.6 Å². The van der Waals surface area contributed by atoms with Crippen LogP contribution in [0.15, 0.2) is 91.0 Å². The summed E-state index contributed by atoms with van der Waals surface area (Å²) in [5.74, 6) is -0.226. The zero-order chi connectivity index (χ0) is 19.6. The number of benzene rings is 3. The normalized spacial score (nSPS) is 11.3. The number of urea groups is 1. The minimum Gasteiger partial charge on any atom is -0.350 e. The van der Waals surface area contributed by atoms with Crippen LogP contribution in [0.25, 0.3) is 0 Å². The predicted octanol–water partition coefficient (Wildman–Crippen LogP) is 3.74. The minimum atomic E-state index is -0.685. The number of carbonyl (C=O) groups excluding carboxylic acids is 2. The maximum absolute atomic E-state index is 12.8. The fourth-order valence-corrected chi connectivity index (χ4v) is 2.81. The van der Waals surface area contributed by atoms with Crippen LogP contribution < -0.4 is 16.0 Å². The molecule has 1 atom stereocenters. The smallest absolute Gasteiger partial charge is 0.319 e. The second kappa shape index (κ2) is 9.92. The van der Waals surface area contributed by atoms with E-state index in [0.29, 0.717) is 18.7 Å². The maximum Gasteiger partial charge on any atom is 0.319 e. The summed E-state index contributed by atoms with van der Waals surface area (Å²) in [5.41, 5.74) is 2.65. The van der Waals surface area contributed by atoms with E-state index in [9.17, 15) is 9.59 Å². The summed E-state index contributed by atoms with van der Waals surface area (Å²) in [6.45, 7) is 0.410. The Morgan fingerprint density at radius 1 is 0.714 bits per heavy atom. The van der Waals surface area contributed by atoms with Crippen molar-refractivity contribution in [3.63, 3.8) is 0 Å². The van der Waals surface area contributed by atoms with Crippen LogP contribution in [-0.2, 0) is 17.8 Å². The quantitative estimate of drug-likeness (QED) is 0.590. The van der Waals surface area contributed by atoms with Crippen molar-refractivity contribution in [3.05, 3.63) is 102 Å². The molecule has 3 aromatic carbocycles. The van der Waals surface area contributed by atoms with Crippen LogP contribution in [0.4, 0.5) is 10.5 Å². The summed E-state index contributed by atoms with van der Waals surface area (Å²) in [4.78, 5) is 25.1. The van der Waals surface area contributed by atoms with Crippen molar-refractivity contribution in [2.75, 3.05) is 5.32 Å². The highest BCUT2D eigenvalue weighted by atomic mass is 16.2. The molecule has 0 spiro atoms. The fourth-order valence-electron chi connectivity index (χ4n) is 2.81. The molecule has 3 N–H and O–H groups in total. The molecule has 0 bridgehead atoms. The summed E-state index contributed by atoms with van der Waals surface area (Å²) >= 11 is 0. The van der Waals surface area contributed by atoms with E-state index in [1.807, 2.05) is 78.9 Å². The lowest BCUT2D eigenvalue weighted by molar-refractivity contribution is -0.123. The first-order valence-electron chi connectivity index (χ1n) is 9.19. The van der Waals surface area contributed by atoms with Crippen LogP contribution in [0, 0.1) is 0 Å². The molecule has 0 aromatic heterocycles. The number of nitrogens with one attached hydrogen (secondary N) is 3. The molecule has 0 aliphatic rings. The van der Waals surface area contributed by atoms with E-state index in [0.717, 1.165) is 11.1 Å². The molecule has 3 amide bonds. The van der Waals surface area contributed by atoms with Crippen LogP contribution in [0.2, 0.25) is 0 Å². The Morgan fingerprint density at radius 2 is 1.25 bits per heavy atom. The van der Waals surface area contributed by atoms with Gasteiger partial charge in [0, 0.05) is 18.7 Å². The lowest BCUT2D eigenvalue weighted by Crippen LogP contribution is -2.49. The van der Waals surface area contributed by atoms with Gasteiger partial charge >= 0.3 is 6.03 Å². The molecule has 0 radical (unpaired) electrons. The molecule has 0 saturated carbocycles. The molecule has 3 rings (SSSR count). The Labute approximate surface area is 164 Å². The minimum absolute atomic E-state index is 0.226. The van der Waals surface area contributed by atoms with Crippen molar-refractivity contribution < 1.29 is 9.59 Å². The SMILES string of the molecule is O=C(Nc1ccccc1)NC(Cc1ccccc1)C(=O)NCc1ccccc1. The largest absolute Gasteiger partial charge is 0.350 e. The van der Waals surface area contributed by atoms with Gasteiger partial charge in [-0.15, -0.1) is 0 Å². The molecule has 142 valence electrons. The van der Waals surface area contributed by atoms with Crippen LogP contribution in [0.1, 0.15) is 11.1 Å². The number of amides is 3. The molecule has 0 heterocycles. The molecule has 1 unspecified atom stereocenters. The molecule has 28 heavy (non-hydrogen) atoms. The van der Waals surface area contributed by atoms with E-state index in [-0.39, 0.29) is 5.91 Å². The second-order valence-corrected chi connectivity index (χ2v) is 6.41. The fraction of sp³-hybridized carbons (Fsp3) is 0.130. The van der Waals surface area contributed by atoms with Gasteiger partial charge in [0.1, 0.15) is 6.04 Å². The zero-order valence-electron chi connectivity index (χ0n) is 15.5. The van der Waals surface area contributed by atoms with Crippen molar-refractivity contribution in [1.29, 1.82) is 0 Å². The lowest BCUT2D eigenvalue weighted by atomic mass is 10.1.